The lowest BCUT2D eigenvalue weighted by molar-refractivity contribution is -0.150. The van der Waals surface area contributed by atoms with E-state index in [0.717, 1.165) is 24.0 Å². The summed E-state index contributed by atoms with van der Waals surface area (Å²) >= 11 is 0. The Morgan fingerprint density at radius 1 is 0.844 bits per heavy atom. The van der Waals surface area contributed by atoms with Gasteiger partial charge in [-0.2, -0.15) is 0 Å². The van der Waals surface area contributed by atoms with E-state index in [-0.39, 0.29) is 31.5 Å². The normalized spacial score (nSPS) is 19.0. The van der Waals surface area contributed by atoms with Crippen LogP contribution in [0, 0.1) is 11.8 Å². The first-order chi connectivity index (χ1) is 21.7. The first-order valence-electron chi connectivity index (χ1n) is 15.7. The van der Waals surface area contributed by atoms with Gasteiger partial charge in [-0.1, -0.05) is 74.5 Å². The Kier molecular flexibility index (Phi) is 12.5. The summed E-state index contributed by atoms with van der Waals surface area (Å²) in [6.45, 7) is 5.66. The van der Waals surface area contributed by atoms with E-state index in [4.69, 9.17) is 9.47 Å². The highest BCUT2D eigenvalue weighted by molar-refractivity contribution is 5.96. The van der Waals surface area contributed by atoms with Crippen LogP contribution in [0.1, 0.15) is 57.1 Å². The molecule has 2 aliphatic heterocycles. The zero-order chi connectivity index (χ0) is 32.2. The van der Waals surface area contributed by atoms with Crippen molar-refractivity contribution in [2.45, 2.75) is 77.3 Å². The summed E-state index contributed by atoms with van der Waals surface area (Å²) in [7, 11) is 0. The van der Waals surface area contributed by atoms with Crippen molar-refractivity contribution in [2.75, 3.05) is 19.6 Å². The SMILES string of the molecule is CC(C)C[C@H](NC(=O)[C@H](CC(=O)OCc1ccccc1)NC(=O)[C@H]1NCC[C@H]1C(=O)N1CCCC1)C(=O)OCc1ccccc1. The molecule has 0 bridgehead atoms. The number of likely N-dealkylation sites (tertiary alicyclic amines) is 1. The van der Waals surface area contributed by atoms with Crippen molar-refractivity contribution in [1.82, 2.24) is 20.9 Å². The van der Waals surface area contributed by atoms with Crippen molar-refractivity contribution in [3.63, 3.8) is 0 Å². The number of hydrogen-bond donors (Lipinski definition) is 3. The Labute approximate surface area is 264 Å². The largest absolute Gasteiger partial charge is 0.461 e. The minimum absolute atomic E-state index is 0.000334. The van der Waals surface area contributed by atoms with Crippen LogP contribution in [-0.2, 0) is 46.7 Å². The molecule has 2 heterocycles. The van der Waals surface area contributed by atoms with Crippen LogP contribution < -0.4 is 16.0 Å². The monoisotopic (exact) mass is 620 g/mol. The molecular formula is C34H44N4O7. The predicted octanol–water partition coefficient (Wildman–Crippen LogP) is 2.48. The number of ether oxygens (including phenoxy) is 2. The number of carbonyl (C=O) groups excluding carboxylic acids is 5. The first kappa shape index (κ1) is 33.6. The Balaban J connectivity index is 1.45. The molecule has 2 fully saturated rings. The molecule has 2 aromatic rings. The minimum atomic E-state index is -1.35. The third-order valence-electron chi connectivity index (χ3n) is 8.02. The number of rotatable bonds is 14. The van der Waals surface area contributed by atoms with E-state index in [9.17, 15) is 24.0 Å². The van der Waals surface area contributed by atoms with Gasteiger partial charge in [0.1, 0.15) is 25.3 Å². The lowest BCUT2D eigenvalue weighted by atomic mass is 9.97. The van der Waals surface area contributed by atoms with E-state index in [1.807, 2.05) is 62.4 Å². The molecule has 0 aromatic heterocycles. The van der Waals surface area contributed by atoms with Crippen LogP contribution >= 0.6 is 0 Å². The van der Waals surface area contributed by atoms with Crippen molar-refractivity contribution in [3.8, 4) is 0 Å². The molecule has 11 heteroatoms. The summed E-state index contributed by atoms with van der Waals surface area (Å²) in [5.74, 6) is -3.22. The molecule has 3 amide bonds. The summed E-state index contributed by atoms with van der Waals surface area (Å²) < 4.78 is 10.9. The number of nitrogens with one attached hydrogen (secondary N) is 3. The number of nitrogens with zero attached hydrogens (tertiary/aromatic N) is 1. The second-order valence-corrected chi connectivity index (χ2v) is 12.1. The van der Waals surface area contributed by atoms with Crippen LogP contribution in [-0.4, -0.2) is 72.3 Å². The van der Waals surface area contributed by atoms with E-state index < -0.39 is 54.2 Å². The summed E-state index contributed by atoms with van der Waals surface area (Å²) in [5.41, 5.74) is 1.57. The summed E-state index contributed by atoms with van der Waals surface area (Å²) in [5, 5.41) is 8.48. The van der Waals surface area contributed by atoms with E-state index in [0.29, 0.717) is 26.1 Å². The zero-order valence-corrected chi connectivity index (χ0v) is 26.0. The average molecular weight is 621 g/mol. The van der Waals surface area contributed by atoms with Gasteiger partial charge >= 0.3 is 11.9 Å². The van der Waals surface area contributed by atoms with Crippen LogP contribution in [0.5, 0.6) is 0 Å². The van der Waals surface area contributed by atoms with Crippen molar-refractivity contribution >= 4 is 29.7 Å². The molecule has 11 nitrogen and oxygen atoms in total. The Hall–Kier alpha value is -4.25. The van der Waals surface area contributed by atoms with Crippen LogP contribution in [0.3, 0.4) is 0 Å². The molecule has 0 radical (unpaired) electrons. The molecule has 242 valence electrons. The summed E-state index contributed by atoms with van der Waals surface area (Å²) in [6.07, 6.45) is 2.18. The van der Waals surface area contributed by atoms with E-state index in [2.05, 4.69) is 16.0 Å². The molecule has 0 saturated carbocycles. The molecule has 0 unspecified atom stereocenters. The molecular weight excluding hydrogens is 576 g/mol. The lowest BCUT2D eigenvalue weighted by Gasteiger charge is -2.27. The highest BCUT2D eigenvalue weighted by atomic mass is 16.5. The van der Waals surface area contributed by atoms with Gasteiger partial charge in [-0.05, 0) is 49.3 Å². The molecule has 2 saturated heterocycles. The molecule has 3 N–H and O–H groups in total. The van der Waals surface area contributed by atoms with Crippen LogP contribution in [0.4, 0.5) is 0 Å². The fraction of sp³-hybridized carbons (Fsp3) is 0.500. The standard InChI is InChI=1S/C34H44N4O7/c1-23(2)19-28(34(43)45-22-25-13-7-4-8-14-25)37-31(40)27(20-29(39)44-21-24-11-5-3-6-12-24)36-32(41)30-26(15-16-35-30)33(42)38-17-9-10-18-38/h3-8,11-14,23,26-28,30,35H,9-10,15-22H2,1-2H3,(H,36,41)(H,37,40)/t26-,27+,28+,30+/m1/s1. The average Bonchev–Trinajstić information content (AvgIpc) is 3.76. The van der Waals surface area contributed by atoms with Crippen LogP contribution in [0.2, 0.25) is 0 Å². The number of hydrogen-bond acceptors (Lipinski definition) is 8. The maximum Gasteiger partial charge on any atom is 0.328 e. The first-order valence-corrected chi connectivity index (χ1v) is 15.7. The maximum atomic E-state index is 13.7. The van der Waals surface area contributed by atoms with E-state index in [1.54, 1.807) is 17.0 Å². The predicted molar refractivity (Wildman–Crippen MR) is 166 cm³/mol. The van der Waals surface area contributed by atoms with Gasteiger partial charge in [0, 0.05) is 13.1 Å². The van der Waals surface area contributed by atoms with Crippen LogP contribution in [0.25, 0.3) is 0 Å². The Morgan fingerprint density at radius 2 is 1.44 bits per heavy atom. The fourth-order valence-electron chi connectivity index (χ4n) is 5.64. The Bertz CT molecular complexity index is 1300. The fourth-order valence-corrected chi connectivity index (χ4v) is 5.64. The highest BCUT2D eigenvalue weighted by Crippen LogP contribution is 2.22. The molecule has 0 aliphatic carbocycles. The second kappa shape index (κ2) is 16.7. The van der Waals surface area contributed by atoms with Crippen molar-refractivity contribution in [2.24, 2.45) is 11.8 Å². The molecule has 45 heavy (non-hydrogen) atoms. The van der Waals surface area contributed by atoms with Gasteiger partial charge in [0.05, 0.1) is 18.4 Å². The van der Waals surface area contributed by atoms with Gasteiger partial charge in [-0.15, -0.1) is 0 Å². The van der Waals surface area contributed by atoms with Crippen molar-refractivity contribution < 1.29 is 33.4 Å². The van der Waals surface area contributed by atoms with Gasteiger partial charge in [-0.3, -0.25) is 19.2 Å². The lowest BCUT2D eigenvalue weighted by Crippen LogP contribution is -2.57. The number of esters is 2. The van der Waals surface area contributed by atoms with Gasteiger partial charge in [-0.25, -0.2) is 4.79 Å². The molecule has 2 aromatic carbocycles. The highest BCUT2D eigenvalue weighted by Gasteiger charge is 2.41. The smallest absolute Gasteiger partial charge is 0.328 e. The second-order valence-electron chi connectivity index (χ2n) is 12.1. The number of amides is 3. The van der Waals surface area contributed by atoms with E-state index >= 15 is 0 Å². The number of benzene rings is 2. The van der Waals surface area contributed by atoms with Gasteiger partial charge in [0.15, 0.2) is 0 Å². The van der Waals surface area contributed by atoms with Gasteiger partial charge in [0.2, 0.25) is 17.7 Å². The van der Waals surface area contributed by atoms with Gasteiger partial charge in [0.25, 0.3) is 0 Å². The van der Waals surface area contributed by atoms with Crippen molar-refractivity contribution in [3.05, 3.63) is 71.8 Å². The van der Waals surface area contributed by atoms with Gasteiger partial charge < -0.3 is 30.3 Å². The molecule has 4 rings (SSSR count). The minimum Gasteiger partial charge on any atom is -0.461 e. The quantitative estimate of drug-likeness (QED) is 0.274. The third-order valence-corrected chi connectivity index (χ3v) is 8.02. The van der Waals surface area contributed by atoms with Crippen molar-refractivity contribution in [1.29, 1.82) is 0 Å². The molecule has 4 atom stereocenters. The summed E-state index contributed by atoms with van der Waals surface area (Å²) in [4.78, 5) is 68.2. The zero-order valence-electron chi connectivity index (χ0n) is 26.0. The number of carbonyl (C=O) groups is 5. The summed E-state index contributed by atoms with van der Waals surface area (Å²) in [6, 6.07) is 15.1. The van der Waals surface area contributed by atoms with Crippen LogP contribution in [0.15, 0.2) is 60.7 Å². The van der Waals surface area contributed by atoms with E-state index in [1.165, 1.54) is 0 Å². The molecule has 2 aliphatic rings. The Morgan fingerprint density at radius 3 is 2.04 bits per heavy atom. The maximum absolute atomic E-state index is 13.7. The third kappa shape index (κ3) is 10.1. The molecule has 0 spiro atoms. The topological polar surface area (TPSA) is 143 Å².